The van der Waals surface area contributed by atoms with E-state index in [1.54, 1.807) is 42.5 Å². The second-order valence-corrected chi connectivity index (χ2v) is 10.3. The largest absolute Gasteiger partial charge is 0.345 e. The predicted octanol–water partition coefficient (Wildman–Crippen LogP) is 3.58. The summed E-state index contributed by atoms with van der Waals surface area (Å²) in [6.45, 7) is 1.73. The first-order valence-electron chi connectivity index (χ1n) is 13.8. The van der Waals surface area contributed by atoms with Crippen molar-refractivity contribution in [3.63, 3.8) is 0 Å². The maximum absolute atomic E-state index is 12.1. The zero-order valence-electron chi connectivity index (χ0n) is 24.5. The summed E-state index contributed by atoms with van der Waals surface area (Å²) in [6, 6.07) is 20.7. The average molecular weight is 581 g/mol. The Morgan fingerprint density at radius 3 is 2.21 bits per heavy atom. The lowest BCUT2D eigenvalue weighted by Crippen LogP contribution is -2.32. The van der Waals surface area contributed by atoms with Crippen LogP contribution in [0.15, 0.2) is 85.3 Å². The molecule has 2 aromatic heterocycles. The Kier molecular flexibility index (Phi) is 10.5. The van der Waals surface area contributed by atoms with Gasteiger partial charge in [-0.25, -0.2) is 4.98 Å². The number of nitrogens with zero attached hydrogens (tertiary/aromatic N) is 5. The molecule has 11 heteroatoms. The molecule has 0 atom stereocenters. The Morgan fingerprint density at radius 2 is 1.58 bits per heavy atom. The second kappa shape index (κ2) is 14.7. The van der Waals surface area contributed by atoms with Crippen molar-refractivity contribution in [2.75, 3.05) is 56.3 Å². The molecule has 4 N–H and O–H groups in total. The molecule has 0 bridgehead atoms. The number of amides is 3. The van der Waals surface area contributed by atoms with Crippen LogP contribution in [0.5, 0.6) is 0 Å². The van der Waals surface area contributed by atoms with Gasteiger partial charge in [0, 0.05) is 56.7 Å². The van der Waals surface area contributed by atoms with E-state index in [2.05, 4.69) is 25.5 Å². The van der Waals surface area contributed by atoms with E-state index < -0.39 is 0 Å². The van der Waals surface area contributed by atoms with Gasteiger partial charge in [0.2, 0.25) is 12.3 Å². The molecule has 0 fully saturated rings. The molecule has 2 aromatic carbocycles. The molecule has 4 aromatic rings. The Bertz CT molecular complexity index is 1520. The van der Waals surface area contributed by atoms with Gasteiger partial charge in [-0.1, -0.05) is 24.3 Å². The van der Waals surface area contributed by atoms with Crippen LogP contribution in [0.1, 0.15) is 15.9 Å². The number of aromatic nitrogens is 2. The Labute approximate surface area is 251 Å². The van der Waals surface area contributed by atoms with Crippen LogP contribution in [0, 0.1) is 0 Å². The number of benzene rings is 2. The number of likely N-dealkylation sites (N-methyl/N-ethyl adjacent to an activating group) is 1. The summed E-state index contributed by atoms with van der Waals surface area (Å²) in [7, 11) is 5.44. The lowest BCUT2D eigenvalue weighted by molar-refractivity contribution is -0.115. The van der Waals surface area contributed by atoms with Gasteiger partial charge in [-0.3, -0.25) is 19.4 Å². The molecular weight excluding hydrogens is 544 g/mol. The number of rotatable bonds is 13. The van der Waals surface area contributed by atoms with Gasteiger partial charge in [-0.2, -0.15) is 0 Å². The van der Waals surface area contributed by atoms with Gasteiger partial charge < -0.3 is 31.1 Å². The van der Waals surface area contributed by atoms with E-state index in [4.69, 9.17) is 5.73 Å². The average Bonchev–Trinajstić information content (AvgIpc) is 3.02. The lowest BCUT2D eigenvalue weighted by Gasteiger charge is -2.22. The summed E-state index contributed by atoms with van der Waals surface area (Å²) < 4.78 is 0. The smallest absolute Gasteiger partial charge is 0.253 e. The number of hydrogen-bond acceptors (Lipinski definition) is 8. The summed E-state index contributed by atoms with van der Waals surface area (Å²) in [6.07, 6.45) is 5.89. The van der Waals surface area contributed by atoms with Crippen molar-refractivity contribution in [1.82, 2.24) is 19.8 Å². The van der Waals surface area contributed by atoms with Crippen LogP contribution < -0.4 is 21.3 Å². The molecule has 0 spiro atoms. The van der Waals surface area contributed by atoms with Gasteiger partial charge in [-0.05, 0) is 60.6 Å². The van der Waals surface area contributed by atoms with E-state index in [9.17, 15) is 14.4 Å². The summed E-state index contributed by atoms with van der Waals surface area (Å²) in [4.78, 5) is 49.6. The molecule has 4 rings (SSSR count). The fourth-order valence-electron chi connectivity index (χ4n) is 4.32. The predicted molar refractivity (Wildman–Crippen MR) is 169 cm³/mol. The van der Waals surface area contributed by atoms with Crippen LogP contribution in [-0.4, -0.2) is 78.8 Å². The number of hydrogen-bond donors (Lipinski definition) is 3. The van der Waals surface area contributed by atoms with Gasteiger partial charge in [0.25, 0.3) is 5.91 Å². The number of nitrogens with one attached hydrogen (secondary N) is 2. The van der Waals surface area contributed by atoms with E-state index in [0.29, 0.717) is 48.1 Å². The first kappa shape index (κ1) is 30.8. The van der Waals surface area contributed by atoms with Crippen molar-refractivity contribution < 1.29 is 14.4 Å². The van der Waals surface area contributed by atoms with E-state index in [-0.39, 0.29) is 18.4 Å². The zero-order chi connectivity index (χ0) is 30.8. The molecule has 0 radical (unpaired) electrons. The van der Waals surface area contributed by atoms with Crippen LogP contribution in [0.2, 0.25) is 0 Å². The summed E-state index contributed by atoms with van der Waals surface area (Å²) in [5, 5.41) is 5.97. The van der Waals surface area contributed by atoms with Gasteiger partial charge in [0.1, 0.15) is 5.82 Å². The van der Waals surface area contributed by atoms with Crippen molar-refractivity contribution in [3.05, 3.63) is 96.4 Å². The zero-order valence-corrected chi connectivity index (χ0v) is 24.5. The standard InChI is InChI=1S/C32H36N8O3/c1-38(2)32(43)25-8-6-24(7-9-25)26-10-13-30(35-18-26)36-28-16-29(20-34-19-28)40(22-41)15-14-39(3)21-23-4-11-27(12-5-23)37-31(42)17-33/h4-13,16,18-20,22H,14-15,17,21,33H2,1-3H3,(H,35,36)(H,37,42). The highest BCUT2D eigenvalue weighted by molar-refractivity contribution is 5.94. The van der Waals surface area contributed by atoms with Crippen LogP contribution in [0.3, 0.4) is 0 Å². The summed E-state index contributed by atoms with van der Waals surface area (Å²) in [5.41, 5.74) is 11.0. The van der Waals surface area contributed by atoms with E-state index in [1.165, 1.54) is 0 Å². The molecule has 0 saturated heterocycles. The highest BCUT2D eigenvalue weighted by Gasteiger charge is 2.11. The van der Waals surface area contributed by atoms with E-state index in [0.717, 1.165) is 23.1 Å². The number of nitrogens with two attached hydrogens (primary N) is 1. The van der Waals surface area contributed by atoms with Crippen molar-refractivity contribution in [1.29, 1.82) is 0 Å². The Morgan fingerprint density at radius 1 is 0.860 bits per heavy atom. The molecule has 0 aliphatic heterocycles. The minimum atomic E-state index is -0.236. The van der Waals surface area contributed by atoms with Crippen molar-refractivity contribution >= 4 is 41.1 Å². The van der Waals surface area contributed by atoms with Crippen molar-refractivity contribution in [2.45, 2.75) is 6.54 Å². The molecule has 3 amide bonds. The highest BCUT2D eigenvalue weighted by atomic mass is 16.2. The topological polar surface area (TPSA) is 137 Å². The first-order chi connectivity index (χ1) is 20.7. The quantitative estimate of drug-likeness (QED) is 0.204. The van der Waals surface area contributed by atoms with Crippen LogP contribution in [-0.2, 0) is 16.1 Å². The first-order valence-corrected chi connectivity index (χ1v) is 13.8. The molecule has 222 valence electrons. The Balaban J connectivity index is 1.32. The monoisotopic (exact) mass is 580 g/mol. The third-order valence-corrected chi connectivity index (χ3v) is 6.69. The van der Waals surface area contributed by atoms with E-state index in [1.807, 2.05) is 73.8 Å². The Hall–Kier alpha value is -5.13. The molecule has 43 heavy (non-hydrogen) atoms. The third kappa shape index (κ3) is 8.68. The van der Waals surface area contributed by atoms with Gasteiger partial charge in [0.05, 0.1) is 30.3 Å². The number of anilines is 4. The molecule has 11 nitrogen and oxygen atoms in total. The fraction of sp³-hybridized carbons (Fsp3) is 0.219. The number of pyridine rings is 2. The maximum atomic E-state index is 12.1. The van der Waals surface area contributed by atoms with Gasteiger partial charge >= 0.3 is 0 Å². The lowest BCUT2D eigenvalue weighted by atomic mass is 10.1. The third-order valence-electron chi connectivity index (χ3n) is 6.69. The van der Waals surface area contributed by atoms with Crippen LogP contribution in [0.4, 0.5) is 22.9 Å². The van der Waals surface area contributed by atoms with Crippen molar-refractivity contribution in [2.24, 2.45) is 5.73 Å². The molecule has 0 aliphatic rings. The summed E-state index contributed by atoms with van der Waals surface area (Å²) in [5.74, 6) is 0.353. The van der Waals surface area contributed by atoms with Gasteiger partial charge in [-0.15, -0.1) is 0 Å². The molecular formula is C32H36N8O3. The summed E-state index contributed by atoms with van der Waals surface area (Å²) >= 11 is 0. The normalized spacial score (nSPS) is 10.7. The van der Waals surface area contributed by atoms with Crippen LogP contribution >= 0.6 is 0 Å². The molecule has 0 unspecified atom stereocenters. The van der Waals surface area contributed by atoms with Crippen molar-refractivity contribution in [3.8, 4) is 11.1 Å². The van der Waals surface area contributed by atoms with E-state index >= 15 is 0 Å². The minimum Gasteiger partial charge on any atom is -0.345 e. The maximum Gasteiger partial charge on any atom is 0.253 e. The minimum absolute atomic E-state index is 0.0428. The fourth-order valence-corrected chi connectivity index (χ4v) is 4.32. The highest BCUT2D eigenvalue weighted by Crippen LogP contribution is 2.24. The number of carbonyl (C=O) groups excluding carboxylic acids is 3. The molecule has 2 heterocycles. The van der Waals surface area contributed by atoms with Crippen LogP contribution in [0.25, 0.3) is 11.1 Å². The second-order valence-electron chi connectivity index (χ2n) is 10.3. The molecule has 0 aliphatic carbocycles. The SMILES string of the molecule is CN(CCN(C=O)c1cncc(Nc2ccc(-c3ccc(C(=O)N(C)C)cc3)cn2)c1)Cc1ccc(NC(=O)CN)cc1. The van der Waals surface area contributed by atoms with Gasteiger partial charge in [0.15, 0.2) is 0 Å². The molecule has 0 saturated carbocycles. The number of carbonyl (C=O) groups is 3.